The van der Waals surface area contributed by atoms with Gasteiger partial charge in [-0.15, -0.1) is 0 Å². The number of nitrogens with two attached hydrogens (primary N) is 1. The number of hydrogen-bond acceptors (Lipinski definition) is 5. The van der Waals surface area contributed by atoms with Crippen molar-refractivity contribution in [3.63, 3.8) is 0 Å². The van der Waals surface area contributed by atoms with E-state index in [1.165, 1.54) is 0 Å². The Hall–Kier alpha value is -1.89. The predicted octanol–water partition coefficient (Wildman–Crippen LogP) is 2.04. The molecule has 2 saturated carbocycles. The van der Waals surface area contributed by atoms with E-state index in [1.54, 1.807) is 6.07 Å². The molecule has 1 aliphatic heterocycles. The Labute approximate surface area is 160 Å². The Morgan fingerprint density at radius 1 is 1.19 bits per heavy atom. The zero-order valence-electron chi connectivity index (χ0n) is 16.0. The highest BCUT2D eigenvalue weighted by Crippen LogP contribution is 2.40. The summed E-state index contributed by atoms with van der Waals surface area (Å²) in [4.78, 5) is 27.3. The minimum Gasteiger partial charge on any atom is -0.360 e. The largest absolute Gasteiger partial charge is 0.360 e. The number of amides is 2. The topological polar surface area (TPSA) is 101 Å². The molecule has 2 heterocycles. The monoisotopic (exact) mass is 374 g/mol. The summed E-state index contributed by atoms with van der Waals surface area (Å²) in [6.07, 6.45) is 6.71. The highest BCUT2D eigenvalue weighted by molar-refractivity contribution is 5.92. The Morgan fingerprint density at radius 3 is 2.59 bits per heavy atom. The number of carbonyl (C=O) groups is 2. The average molecular weight is 374 g/mol. The molecule has 3 fully saturated rings. The lowest BCUT2D eigenvalue weighted by molar-refractivity contribution is -0.138. The highest BCUT2D eigenvalue weighted by Gasteiger charge is 2.35. The quantitative estimate of drug-likeness (QED) is 0.840. The number of aromatic nitrogens is 1. The van der Waals surface area contributed by atoms with Gasteiger partial charge >= 0.3 is 0 Å². The van der Waals surface area contributed by atoms with E-state index in [9.17, 15) is 9.59 Å². The van der Waals surface area contributed by atoms with Crippen molar-refractivity contribution in [2.45, 2.75) is 69.9 Å². The van der Waals surface area contributed by atoms with Crippen LogP contribution in [0, 0.1) is 11.8 Å². The fourth-order valence-corrected chi connectivity index (χ4v) is 4.38. The molecule has 1 aromatic heterocycles. The molecule has 3 aliphatic rings. The van der Waals surface area contributed by atoms with Crippen LogP contribution in [-0.2, 0) is 4.79 Å². The van der Waals surface area contributed by atoms with Gasteiger partial charge in [0.15, 0.2) is 5.69 Å². The van der Waals surface area contributed by atoms with Crippen LogP contribution in [0.3, 0.4) is 0 Å². The second-order valence-electron chi connectivity index (χ2n) is 8.63. The van der Waals surface area contributed by atoms with Crippen molar-refractivity contribution in [2.75, 3.05) is 13.1 Å². The average Bonchev–Trinajstić information content (AvgIpc) is 3.40. The van der Waals surface area contributed by atoms with Crippen molar-refractivity contribution in [2.24, 2.45) is 17.6 Å². The van der Waals surface area contributed by atoms with Crippen LogP contribution in [0.5, 0.6) is 0 Å². The van der Waals surface area contributed by atoms with Crippen LogP contribution >= 0.6 is 0 Å². The molecule has 1 unspecified atom stereocenters. The first-order valence-corrected chi connectivity index (χ1v) is 10.3. The van der Waals surface area contributed by atoms with Gasteiger partial charge in [-0.05, 0) is 50.9 Å². The summed E-state index contributed by atoms with van der Waals surface area (Å²) in [5.74, 6) is 1.70. The lowest BCUT2D eigenvalue weighted by Crippen LogP contribution is -2.53. The summed E-state index contributed by atoms with van der Waals surface area (Å²) in [6, 6.07) is 2.08. The normalized spacial score (nSPS) is 31.6. The van der Waals surface area contributed by atoms with Gasteiger partial charge in [0.05, 0.1) is 0 Å². The Bertz CT molecular complexity index is 691. The molecular weight excluding hydrogens is 344 g/mol. The first kappa shape index (κ1) is 18.5. The molecule has 27 heavy (non-hydrogen) atoms. The summed E-state index contributed by atoms with van der Waals surface area (Å²) in [6.45, 7) is 3.49. The maximum absolute atomic E-state index is 12.8. The van der Waals surface area contributed by atoms with E-state index < -0.39 is 0 Å². The summed E-state index contributed by atoms with van der Waals surface area (Å²) in [5, 5.41) is 7.00. The maximum atomic E-state index is 12.8. The second-order valence-corrected chi connectivity index (χ2v) is 8.63. The number of rotatable bonds is 4. The molecule has 0 radical (unpaired) electrons. The van der Waals surface area contributed by atoms with Crippen LogP contribution in [0.15, 0.2) is 10.6 Å². The molecule has 1 aromatic rings. The number of nitrogens with zero attached hydrogens (tertiary/aromatic N) is 2. The zero-order chi connectivity index (χ0) is 19.0. The maximum Gasteiger partial charge on any atom is 0.273 e. The van der Waals surface area contributed by atoms with E-state index in [0.29, 0.717) is 24.7 Å². The van der Waals surface area contributed by atoms with Gasteiger partial charge in [0.1, 0.15) is 5.76 Å². The molecule has 148 valence electrons. The van der Waals surface area contributed by atoms with Crippen molar-refractivity contribution < 1.29 is 14.1 Å². The number of likely N-dealkylation sites (tertiary alicyclic amines) is 1. The molecule has 7 heteroatoms. The predicted molar refractivity (Wildman–Crippen MR) is 100 cm³/mol. The fraction of sp³-hybridized carbons (Fsp3) is 0.750. The Kier molecular flexibility index (Phi) is 5.21. The van der Waals surface area contributed by atoms with Crippen molar-refractivity contribution in [3.05, 3.63) is 17.5 Å². The molecule has 3 N–H and O–H groups in total. The summed E-state index contributed by atoms with van der Waals surface area (Å²) in [7, 11) is 0. The first-order chi connectivity index (χ1) is 13.0. The minimum atomic E-state index is -0.177. The molecule has 0 bridgehead atoms. The van der Waals surface area contributed by atoms with E-state index >= 15 is 0 Å². The van der Waals surface area contributed by atoms with Crippen molar-refractivity contribution in [1.82, 2.24) is 15.4 Å². The molecule has 4 rings (SSSR count). The van der Waals surface area contributed by atoms with Crippen LogP contribution in [0.2, 0.25) is 0 Å². The van der Waals surface area contributed by atoms with Crippen molar-refractivity contribution in [1.29, 1.82) is 0 Å². The number of hydrogen-bond donors (Lipinski definition) is 2. The molecule has 0 aromatic carbocycles. The lowest BCUT2D eigenvalue weighted by Gasteiger charge is -2.39. The summed E-state index contributed by atoms with van der Waals surface area (Å²) < 4.78 is 5.28. The third-order valence-electron chi connectivity index (χ3n) is 6.40. The molecule has 2 atom stereocenters. The standard InChI is InChI=1S/C20H30N4O3/c1-12-11-24(20(26)14-4-6-15(21)7-5-14)9-8-16(12)22-19(25)17-10-18(27-23-17)13-2-3-13/h10,12-16H,2-9,11,21H2,1H3,(H,22,25)/t12-,14?,15?,16?/m1/s1. The van der Waals surface area contributed by atoms with Gasteiger partial charge < -0.3 is 20.5 Å². The van der Waals surface area contributed by atoms with Crippen LogP contribution in [0.4, 0.5) is 0 Å². The first-order valence-electron chi connectivity index (χ1n) is 10.3. The van der Waals surface area contributed by atoms with Gasteiger partial charge in [-0.25, -0.2) is 0 Å². The number of carbonyl (C=O) groups excluding carboxylic acids is 2. The molecule has 2 amide bonds. The molecule has 2 aliphatic carbocycles. The van der Waals surface area contributed by atoms with Crippen molar-refractivity contribution >= 4 is 11.8 Å². The van der Waals surface area contributed by atoms with Gasteiger partial charge in [-0.2, -0.15) is 0 Å². The van der Waals surface area contributed by atoms with Gasteiger partial charge in [0.2, 0.25) is 5.91 Å². The summed E-state index contributed by atoms with van der Waals surface area (Å²) >= 11 is 0. The van der Waals surface area contributed by atoms with E-state index in [1.807, 2.05) is 4.90 Å². The highest BCUT2D eigenvalue weighted by atomic mass is 16.5. The van der Waals surface area contributed by atoms with Gasteiger partial charge in [0.25, 0.3) is 5.91 Å². The lowest BCUT2D eigenvalue weighted by atomic mass is 9.84. The van der Waals surface area contributed by atoms with Crippen LogP contribution in [0.1, 0.15) is 74.0 Å². The van der Waals surface area contributed by atoms with E-state index in [2.05, 4.69) is 17.4 Å². The van der Waals surface area contributed by atoms with Crippen LogP contribution < -0.4 is 11.1 Å². The van der Waals surface area contributed by atoms with Crippen molar-refractivity contribution in [3.8, 4) is 0 Å². The molecule has 1 saturated heterocycles. The van der Waals surface area contributed by atoms with Gasteiger partial charge in [-0.3, -0.25) is 9.59 Å². The minimum absolute atomic E-state index is 0.0578. The smallest absolute Gasteiger partial charge is 0.273 e. The number of nitrogens with one attached hydrogen (secondary N) is 1. The Balaban J connectivity index is 1.29. The SMILES string of the molecule is C[C@@H]1CN(C(=O)C2CCC(N)CC2)CCC1NC(=O)c1cc(C2CC2)on1. The van der Waals surface area contributed by atoms with E-state index in [-0.39, 0.29) is 35.7 Å². The fourth-order valence-electron chi connectivity index (χ4n) is 4.38. The van der Waals surface area contributed by atoms with Crippen LogP contribution in [0.25, 0.3) is 0 Å². The molecular formula is C20H30N4O3. The zero-order valence-corrected chi connectivity index (χ0v) is 16.0. The second kappa shape index (κ2) is 7.62. The molecule has 7 nitrogen and oxygen atoms in total. The molecule has 0 spiro atoms. The van der Waals surface area contributed by atoms with Gasteiger partial charge in [0, 0.05) is 43.1 Å². The Morgan fingerprint density at radius 2 is 1.93 bits per heavy atom. The third-order valence-corrected chi connectivity index (χ3v) is 6.40. The van der Waals surface area contributed by atoms with E-state index in [0.717, 1.165) is 50.7 Å². The van der Waals surface area contributed by atoms with Crippen LogP contribution in [-0.4, -0.2) is 47.0 Å². The summed E-state index contributed by atoms with van der Waals surface area (Å²) in [5.41, 5.74) is 6.32. The van der Waals surface area contributed by atoms with E-state index in [4.69, 9.17) is 10.3 Å². The third kappa shape index (κ3) is 4.18. The van der Waals surface area contributed by atoms with Gasteiger partial charge in [-0.1, -0.05) is 12.1 Å². The number of piperidine rings is 1.